The maximum Gasteiger partial charge on any atom is 0.0684 e. The molecule has 0 heterocycles. The Morgan fingerprint density at radius 3 is 2.53 bits per heavy atom. The molecule has 0 spiro atoms. The number of hydrogen-bond acceptors (Lipinski definition) is 1. The summed E-state index contributed by atoms with van der Waals surface area (Å²) in [6.45, 7) is 4.38. The van der Waals surface area contributed by atoms with Crippen molar-refractivity contribution >= 4 is 0 Å². The molecule has 1 aliphatic rings. The standard InChI is InChI=1S/C14H16O/c1-10-7-11(2)14(8-10)13-6-4-3-5-12(13)9-15/h3-8,14-15H,9H2,1-2H3. The first-order valence-electron chi connectivity index (χ1n) is 5.27. The molecule has 0 radical (unpaired) electrons. The molecule has 0 saturated carbocycles. The Morgan fingerprint density at radius 2 is 1.93 bits per heavy atom. The molecular formula is C14H16O. The summed E-state index contributed by atoms with van der Waals surface area (Å²) < 4.78 is 0. The minimum absolute atomic E-state index is 0.118. The Balaban J connectivity index is 2.43. The van der Waals surface area contributed by atoms with Crippen LogP contribution < -0.4 is 0 Å². The van der Waals surface area contributed by atoms with Crippen molar-refractivity contribution in [2.45, 2.75) is 26.4 Å². The van der Waals surface area contributed by atoms with Gasteiger partial charge in [0, 0.05) is 5.92 Å². The van der Waals surface area contributed by atoms with E-state index in [1.165, 1.54) is 16.7 Å². The fraction of sp³-hybridized carbons (Fsp3) is 0.286. The highest BCUT2D eigenvalue weighted by Crippen LogP contribution is 2.34. The van der Waals surface area contributed by atoms with E-state index in [9.17, 15) is 5.11 Å². The number of rotatable bonds is 2. The van der Waals surface area contributed by atoms with Crippen molar-refractivity contribution in [2.24, 2.45) is 0 Å². The van der Waals surface area contributed by atoms with Gasteiger partial charge in [0.1, 0.15) is 0 Å². The predicted octanol–water partition coefficient (Wildman–Crippen LogP) is 3.17. The van der Waals surface area contributed by atoms with Crippen LogP contribution in [0.3, 0.4) is 0 Å². The molecule has 1 heteroatoms. The lowest BCUT2D eigenvalue weighted by atomic mass is 9.91. The summed E-state index contributed by atoms with van der Waals surface area (Å²) in [5.41, 5.74) is 4.92. The maximum atomic E-state index is 9.29. The van der Waals surface area contributed by atoms with Crippen LogP contribution >= 0.6 is 0 Å². The number of allylic oxidation sites excluding steroid dienone is 4. The van der Waals surface area contributed by atoms with E-state index >= 15 is 0 Å². The SMILES string of the molecule is CC1=CC(c2ccccc2CO)C(C)=C1. The van der Waals surface area contributed by atoms with Crippen molar-refractivity contribution in [3.8, 4) is 0 Å². The molecule has 0 amide bonds. The molecule has 0 bridgehead atoms. The van der Waals surface area contributed by atoms with E-state index in [-0.39, 0.29) is 6.61 Å². The van der Waals surface area contributed by atoms with Crippen molar-refractivity contribution in [3.05, 3.63) is 58.7 Å². The number of hydrogen-bond donors (Lipinski definition) is 1. The molecule has 15 heavy (non-hydrogen) atoms. The summed E-state index contributed by atoms with van der Waals surface area (Å²) >= 11 is 0. The number of benzene rings is 1. The van der Waals surface area contributed by atoms with Gasteiger partial charge in [0.05, 0.1) is 6.61 Å². The highest BCUT2D eigenvalue weighted by Gasteiger charge is 2.17. The molecule has 0 saturated heterocycles. The van der Waals surface area contributed by atoms with Crippen LogP contribution in [0.25, 0.3) is 0 Å². The van der Waals surface area contributed by atoms with Gasteiger partial charge < -0.3 is 5.11 Å². The molecule has 1 aliphatic carbocycles. The molecule has 0 aliphatic heterocycles. The molecule has 0 aromatic heterocycles. The van der Waals surface area contributed by atoms with E-state index in [1.54, 1.807) is 0 Å². The Kier molecular flexibility index (Phi) is 2.74. The van der Waals surface area contributed by atoms with Crippen molar-refractivity contribution < 1.29 is 5.11 Å². The summed E-state index contributed by atoms with van der Waals surface area (Å²) in [4.78, 5) is 0. The van der Waals surface area contributed by atoms with Crippen molar-refractivity contribution in [3.63, 3.8) is 0 Å². The Bertz CT molecular complexity index is 427. The van der Waals surface area contributed by atoms with Gasteiger partial charge in [-0.25, -0.2) is 0 Å². The highest BCUT2D eigenvalue weighted by atomic mass is 16.3. The third kappa shape index (κ3) is 1.88. The Hall–Kier alpha value is -1.34. The Morgan fingerprint density at radius 1 is 1.20 bits per heavy atom. The van der Waals surface area contributed by atoms with Crippen LogP contribution in [-0.2, 0) is 6.61 Å². The van der Waals surface area contributed by atoms with E-state index in [0.717, 1.165) is 5.56 Å². The van der Waals surface area contributed by atoms with E-state index in [2.05, 4.69) is 32.1 Å². The molecule has 0 fully saturated rings. The van der Waals surface area contributed by atoms with Gasteiger partial charge in [-0.1, -0.05) is 47.6 Å². The normalized spacial score (nSPS) is 20.1. The van der Waals surface area contributed by atoms with Crippen molar-refractivity contribution in [1.82, 2.24) is 0 Å². The number of aliphatic hydroxyl groups is 1. The van der Waals surface area contributed by atoms with Gasteiger partial charge in [0.25, 0.3) is 0 Å². The van der Waals surface area contributed by atoms with Gasteiger partial charge in [-0.3, -0.25) is 0 Å². The lowest BCUT2D eigenvalue weighted by Crippen LogP contribution is -1.99. The molecule has 2 rings (SSSR count). The van der Waals surface area contributed by atoms with Crippen LogP contribution in [0, 0.1) is 0 Å². The summed E-state index contributed by atoms with van der Waals surface area (Å²) in [5, 5.41) is 9.29. The average Bonchev–Trinajstić information content (AvgIpc) is 2.57. The third-order valence-corrected chi connectivity index (χ3v) is 2.94. The first-order valence-corrected chi connectivity index (χ1v) is 5.27. The first kappa shape index (κ1) is 10.2. The first-order chi connectivity index (χ1) is 7.22. The molecule has 1 unspecified atom stereocenters. The summed E-state index contributed by atoms with van der Waals surface area (Å²) in [6.07, 6.45) is 4.46. The topological polar surface area (TPSA) is 20.2 Å². The van der Waals surface area contributed by atoms with Crippen molar-refractivity contribution in [1.29, 1.82) is 0 Å². The molecule has 78 valence electrons. The van der Waals surface area contributed by atoms with E-state index in [0.29, 0.717) is 5.92 Å². The van der Waals surface area contributed by atoms with Crippen LogP contribution in [0.1, 0.15) is 30.9 Å². The average molecular weight is 200 g/mol. The van der Waals surface area contributed by atoms with E-state index in [4.69, 9.17) is 0 Å². The lowest BCUT2D eigenvalue weighted by molar-refractivity contribution is 0.280. The summed E-state index contributed by atoms with van der Waals surface area (Å²) in [5.74, 6) is 0.355. The smallest absolute Gasteiger partial charge is 0.0684 e. The maximum absolute atomic E-state index is 9.29. The molecule has 1 nitrogen and oxygen atoms in total. The third-order valence-electron chi connectivity index (χ3n) is 2.94. The zero-order valence-corrected chi connectivity index (χ0v) is 9.20. The molecular weight excluding hydrogens is 184 g/mol. The highest BCUT2D eigenvalue weighted by molar-refractivity contribution is 5.46. The second kappa shape index (κ2) is 4.03. The zero-order chi connectivity index (χ0) is 10.8. The second-order valence-electron chi connectivity index (χ2n) is 4.13. The van der Waals surface area contributed by atoms with E-state index in [1.807, 2.05) is 18.2 Å². The molecule has 1 N–H and O–H groups in total. The Labute approximate surface area is 90.8 Å². The van der Waals surface area contributed by atoms with Gasteiger partial charge in [0.2, 0.25) is 0 Å². The van der Waals surface area contributed by atoms with Gasteiger partial charge in [-0.15, -0.1) is 0 Å². The zero-order valence-electron chi connectivity index (χ0n) is 9.20. The molecule has 1 aromatic rings. The predicted molar refractivity (Wildman–Crippen MR) is 62.6 cm³/mol. The van der Waals surface area contributed by atoms with Crippen LogP contribution in [0.15, 0.2) is 47.6 Å². The van der Waals surface area contributed by atoms with Crippen LogP contribution in [0.5, 0.6) is 0 Å². The minimum Gasteiger partial charge on any atom is -0.392 e. The van der Waals surface area contributed by atoms with Crippen molar-refractivity contribution in [2.75, 3.05) is 0 Å². The molecule has 1 aromatic carbocycles. The fourth-order valence-electron chi connectivity index (χ4n) is 2.21. The fourth-order valence-corrected chi connectivity index (χ4v) is 2.21. The minimum atomic E-state index is 0.118. The van der Waals surface area contributed by atoms with Gasteiger partial charge in [-0.05, 0) is 25.0 Å². The van der Waals surface area contributed by atoms with Gasteiger partial charge in [-0.2, -0.15) is 0 Å². The lowest BCUT2D eigenvalue weighted by Gasteiger charge is -2.14. The second-order valence-corrected chi connectivity index (χ2v) is 4.13. The summed E-state index contributed by atoms with van der Waals surface area (Å²) in [7, 11) is 0. The van der Waals surface area contributed by atoms with Crippen LogP contribution in [-0.4, -0.2) is 5.11 Å². The molecule has 1 atom stereocenters. The van der Waals surface area contributed by atoms with Crippen LogP contribution in [0.2, 0.25) is 0 Å². The van der Waals surface area contributed by atoms with Crippen LogP contribution in [0.4, 0.5) is 0 Å². The number of aliphatic hydroxyl groups excluding tert-OH is 1. The monoisotopic (exact) mass is 200 g/mol. The largest absolute Gasteiger partial charge is 0.392 e. The van der Waals surface area contributed by atoms with Gasteiger partial charge >= 0.3 is 0 Å². The summed E-state index contributed by atoms with van der Waals surface area (Å²) in [6, 6.07) is 8.09. The quantitative estimate of drug-likeness (QED) is 0.777. The van der Waals surface area contributed by atoms with E-state index < -0.39 is 0 Å². The van der Waals surface area contributed by atoms with Gasteiger partial charge in [0.15, 0.2) is 0 Å².